The molecule has 0 aromatic heterocycles. The second kappa shape index (κ2) is 6.39. The monoisotopic (exact) mass is 283 g/mol. The minimum atomic E-state index is -0.893. The van der Waals surface area contributed by atoms with Gasteiger partial charge in [0.25, 0.3) is 0 Å². The van der Waals surface area contributed by atoms with Crippen molar-refractivity contribution in [2.45, 2.75) is 38.4 Å². The Balaban J connectivity index is 1.83. The molecular weight excluding hydrogens is 262 g/mol. The number of aliphatic hydroxyl groups excluding tert-OH is 2. The highest BCUT2D eigenvalue weighted by Crippen LogP contribution is 2.48. The Morgan fingerprint density at radius 2 is 2.30 bits per heavy atom. The second-order valence-electron chi connectivity index (χ2n) is 5.39. The van der Waals surface area contributed by atoms with Crippen LogP contribution in [0.4, 0.5) is 0 Å². The van der Waals surface area contributed by atoms with Gasteiger partial charge in [-0.2, -0.15) is 0 Å². The predicted octanol–water partition coefficient (Wildman–Crippen LogP) is 0.574. The number of hydrogen-bond donors (Lipinski definition) is 4. The van der Waals surface area contributed by atoms with Gasteiger partial charge in [-0.15, -0.1) is 0 Å². The van der Waals surface area contributed by atoms with Crippen molar-refractivity contribution >= 4 is 5.97 Å². The quantitative estimate of drug-likeness (QED) is 0.310. The van der Waals surface area contributed by atoms with E-state index in [2.05, 4.69) is 5.48 Å². The average Bonchev–Trinajstić information content (AvgIpc) is 2.58. The fourth-order valence-corrected chi connectivity index (χ4v) is 2.71. The summed E-state index contributed by atoms with van der Waals surface area (Å²) in [7, 11) is 0. The second-order valence-corrected chi connectivity index (χ2v) is 5.39. The van der Waals surface area contributed by atoms with Gasteiger partial charge in [-0.1, -0.05) is 12.2 Å². The van der Waals surface area contributed by atoms with Crippen molar-refractivity contribution in [1.82, 2.24) is 5.48 Å². The number of allylic oxidation sites excluding steroid dienone is 1. The standard InChI is InChI=1S/C14H21NO5/c1-8(16)2-3-9-6-10-11(14(9)19)7-12(10)15-20-5-4-13(17)18/h2-3,8-9,11,14-16,19H,4-7H2,1H3,(H,17,18)/t8?,9?,11-,14?/m1/s1. The van der Waals surface area contributed by atoms with Gasteiger partial charge in [-0.05, 0) is 25.3 Å². The van der Waals surface area contributed by atoms with Crippen LogP contribution in [0.5, 0.6) is 0 Å². The smallest absolute Gasteiger partial charge is 0.305 e. The molecule has 0 aromatic rings. The molecule has 4 atom stereocenters. The first-order valence-corrected chi connectivity index (χ1v) is 6.85. The molecule has 0 heterocycles. The zero-order valence-electron chi connectivity index (χ0n) is 11.5. The summed E-state index contributed by atoms with van der Waals surface area (Å²) in [6.07, 6.45) is 4.07. The number of aliphatic carboxylic acids is 1. The SMILES string of the molecule is CC(O)C=CC1CC2=C(NOCCC(=O)O)C[C@H]2C1O. The Kier molecular flexibility index (Phi) is 4.80. The van der Waals surface area contributed by atoms with Crippen LogP contribution >= 0.6 is 0 Å². The summed E-state index contributed by atoms with van der Waals surface area (Å²) in [5, 5.41) is 27.9. The van der Waals surface area contributed by atoms with Gasteiger partial charge in [0.2, 0.25) is 0 Å². The van der Waals surface area contributed by atoms with Crippen molar-refractivity contribution in [3.63, 3.8) is 0 Å². The largest absolute Gasteiger partial charge is 0.481 e. The van der Waals surface area contributed by atoms with E-state index in [0.29, 0.717) is 0 Å². The molecular formula is C14H21NO5. The Morgan fingerprint density at radius 1 is 1.55 bits per heavy atom. The van der Waals surface area contributed by atoms with Crippen molar-refractivity contribution in [2.75, 3.05) is 6.61 Å². The van der Waals surface area contributed by atoms with Gasteiger partial charge >= 0.3 is 5.97 Å². The lowest BCUT2D eigenvalue weighted by atomic mass is 9.83. The van der Waals surface area contributed by atoms with Crippen LogP contribution < -0.4 is 5.48 Å². The van der Waals surface area contributed by atoms with E-state index in [9.17, 15) is 15.0 Å². The minimum absolute atomic E-state index is 0.0305. The Bertz CT molecular complexity index is 429. The van der Waals surface area contributed by atoms with Crippen molar-refractivity contribution < 1.29 is 25.0 Å². The lowest BCUT2D eigenvalue weighted by Gasteiger charge is -2.30. The maximum Gasteiger partial charge on any atom is 0.305 e. The van der Waals surface area contributed by atoms with Gasteiger partial charge in [0.1, 0.15) is 0 Å². The molecule has 3 unspecified atom stereocenters. The van der Waals surface area contributed by atoms with E-state index in [0.717, 1.165) is 24.1 Å². The van der Waals surface area contributed by atoms with Crippen LogP contribution in [0.3, 0.4) is 0 Å². The van der Waals surface area contributed by atoms with Crippen LogP contribution in [0.25, 0.3) is 0 Å². The number of hydroxylamine groups is 1. The zero-order chi connectivity index (χ0) is 14.7. The van der Waals surface area contributed by atoms with Crippen LogP contribution in [0, 0.1) is 11.8 Å². The summed E-state index contributed by atoms with van der Waals surface area (Å²) < 4.78 is 0. The lowest BCUT2D eigenvalue weighted by molar-refractivity contribution is -0.138. The number of fused-ring (bicyclic) bond motifs is 1. The van der Waals surface area contributed by atoms with E-state index >= 15 is 0 Å². The molecule has 1 saturated carbocycles. The molecule has 6 heteroatoms. The molecule has 112 valence electrons. The highest BCUT2D eigenvalue weighted by atomic mass is 16.6. The van der Waals surface area contributed by atoms with Gasteiger partial charge < -0.3 is 15.3 Å². The molecule has 0 radical (unpaired) electrons. The highest BCUT2D eigenvalue weighted by molar-refractivity contribution is 5.66. The molecule has 4 N–H and O–H groups in total. The van der Waals surface area contributed by atoms with E-state index < -0.39 is 18.2 Å². The van der Waals surface area contributed by atoms with Crippen molar-refractivity contribution in [3.8, 4) is 0 Å². The Labute approximate surface area is 117 Å². The summed E-state index contributed by atoms with van der Waals surface area (Å²) in [6.45, 7) is 1.79. The first-order valence-electron chi connectivity index (χ1n) is 6.85. The Morgan fingerprint density at radius 3 is 2.95 bits per heavy atom. The molecule has 6 nitrogen and oxygen atoms in total. The molecule has 20 heavy (non-hydrogen) atoms. The fraction of sp³-hybridized carbons (Fsp3) is 0.643. The Hall–Kier alpha value is -1.37. The van der Waals surface area contributed by atoms with Crippen molar-refractivity contribution in [1.29, 1.82) is 0 Å². The molecule has 0 aliphatic heterocycles. The summed E-state index contributed by atoms with van der Waals surface area (Å²) >= 11 is 0. The summed E-state index contributed by atoms with van der Waals surface area (Å²) in [4.78, 5) is 15.4. The van der Waals surface area contributed by atoms with E-state index in [1.807, 2.05) is 6.08 Å². The highest BCUT2D eigenvalue weighted by Gasteiger charge is 2.44. The van der Waals surface area contributed by atoms with Crippen LogP contribution in [0.2, 0.25) is 0 Å². The van der Waals surface area contributed by atoms with E-state index in [1.54, 1.807) is 13.0 Å². The predicted molar refractivity (Wildman–Crippen MR) is 71.4 cm³/mol. The van der Waals surface area contributed by atoms with E-state index in [1.165, 1.54) is 0 Å². The van der Waals surface area contributed by atoms with Gasteiger partial charge in [0, 0.05) is 17.5 Å². The van der Waals surface area contributed by atoms with Gasteiger partial charge in [0.15, 0.2) is 0 Å². The average molecular weight is 283 g/mol. The third kappa shape index (κ3) is 3.39. The normalized spacial score (nSPS) is 30.2. The van der Waals surface area contributed by atoms with E-state index in [4.69, 9.17) is 9.94 Å². The first-order chi connectivity index (χ1) is 9.49. The number of carbonyl (C=O) groups is 1. The molecule has 2 rings (SSSR count). The summed E-state index contributed by atoms with van der Waals surface area (Å²) in [6, 6.07) is 0. The lowest BCUT2D eigenvalue weighted by Crippen LogP contribution is -2.32. The maximum absolute atomic E-state index is 10.3. The summed E-state index contributed by atoms with van der Waals surface area (Å²) in [5.74, 6) is -0.706. The number of carboxylic acid groups (broad SMARTS) is 1. The third-order valence-corrected chi connectivity index (χ3v) is 3.82. The third-order valence-electron chi connectivity index (χ3n) is 3.82. The van der Waals surface area contributed by atoms with Gasteiger partial charge in [-0.3, -0.25) is 15.1 Å². The van der Waals surface area contributed by atoms with Crippen molar-refractivity contribution in [3.05, 3.63) is 23.4 Å². The molecule has 0 aromatic carbocycles. The number of aliphatic hydroxyl groups is 2. The molecule has 2 aliphatic carbocycles. The zero-order valence-corrected chi connectivity index (χ0v) is 11.5. The maximum atomic E-state index is 10.3. The molecule has 1 fully saturated rings. The molecule has 0 amide bonds. The minimum Gasteiger partial charge on any atom is -0.481 e. The number of rotatable bonds is 7. The molecule has 0 saturated heterocycles. The van der Waals surface area contributed by atoms with Crippen molar-refractivity contribution in [2.24, 2.45) is 11.8 Å². The van der Waals surface area contributed by atoms with Crippen LogP contribution in [-0.2, 0) is 9.63 Å². The van der Waals surface area contributed by atoms with Gasteiger partial charge in [0.05, 0.1) is 25.2 Å². The fourth-order valence-electron chi connectivity index (χ4n) is 2.71. The first kappa shape index (κ1) is 15.0. The van der Waals surface area contributed by atoms with E-state index in [-0.39, 0.29) is 24.9 Å². The molecule has 2 aliphatic rings. The van der Waals surface area contributed by atoms with Crippen LogP contribution in [0.15, 0.2) is 23.4 Å². The number of hydrogen-bond acceptors (Lipinski definition) is 5. The van der Waals surface area contributed by atoms with Crippen LogP contribution in [-0.4, -0.2) is 40.1 Å². The van der Waals surface area contributed by atoms with Gasteiger partial charge in [-0.25, -0.2) is 0 Å². The summed E-state index contributed by atoms with van der Waals surface area (Å²) in [5.41, 5.74) is 4.88. The molecule has 0 bridgehead atoms. The molecule has 0 spiro atoms. The number of carboxylic acids is 1. The number of nitrogens with one attached hydrogen (secondary N) is 1. The topological polar surface area (TPSA) is 99.0 Å². The van der Waals surface area contributed by atoms with Crippen LogP contribution in [0.1, 0.15) is 26.2 Å².